The summed E-state index contributed by atoms with van der Waals surface area (Å²) >= 11 is 0. The van der Waals surface area contributed by atoms with Crippen LogP contribution in [0.4, 0.5) is 0 Å². The molecule has 0 rings (SSSR count). The van der Waals surface area contributed by atoms with E-state index in [4.69, 9.17) is 0 Å². The predicted molar refractivity (Wildman–Crippen MR) is 59.5 cm³/mol. The summed E-state index contributed by atoms with van der Waals surface area (Å²) < 4.78 is 46.9. The van der Waals surface area contributed by atoms with E-state index >= 15 is 0 Å². The number of rotatable bonds is 2. The number of hydrogen-bond donors (Lipinski definition) is 0. The van der Waals surface area contributed by atoms with Gasteiger partial charge < -0.3 is 0 Å². The van der Waals surface area contributed by atoms with Gasteiger partial charge in [0.15, 0.2) is 0 Å². The molecule has 0 aromatic rings. The average Bonchev–Trinajstić information content (AvgIpc) is 1.77. The molecule has 0 aromatic carbocycles. The zero-order chi connectivity index (χ0) is 12.7. The molecule has 15 heavy (non-hydrogen) atoms. The summed E-state index contributed by atoms with van der Waals surface area (Å²) in [4.78, 5) is 0. The van der Waals surface area contributed by atoms with Crippen LogP contribution < -0.4 is 4.13 Å². The highest BCUT2D eigenvalue weighted by atomic mass is 32.3. The van der Waals surface area contributed by atoms with E-state index in [-0.39, 0.29) is 0 Å². The van der Waals surface area contributed by atoms with Crippen molar-refractivity contribution in [3.63, 3.8) is 0 Å². The van der Waals surface area contributed by atoms with Gasteiger partial charge in [0.2, 0.25) is 20.0 Å². The molecule has 7 heteroatoms. The van der Waals surface area contributed by atoms with Crippen molar-refractivity contribution in [2.75, 3.05) is 0 Å². The predicted octanol–water partition coefficient (Wildman–Crippen LogP) is 0.847. The van der Waals surface area contributed by atoms with Crippen LogP contribution in [-0.2, 0) is 20.0 Å². The maximum Gasteiger partial charge on any atom is 0.247 e. The Balaban J connectivity index is 5.28. The first-order chi connectivity index (χ1) is 6.21. The minimum atomic E-state index is -4.00. The molecule has 5 nitrogen and oxygen atoms in total. The van der Waals surface area contributed by atoms with Gasteiger partial charge in [0.25, 0.3) is 0 Å². The fraction of sp³-hybridized carbons (Fsp3) is 1.00. The van der Waals surface area contributed by atoms with Gasteiger partial charge in [-0.3, -0.25) is 0 Å². The second-order valence-corrected chi connectivity index (χ2v) is 10.2. The largest absolute Gasteiger partial charge is 0.247 e. The molecule has 0 unspecified atom stereocenters. The summed E-state index contributed by atoms with van der Waals surface area (Å²) in [5.74, 6) is 0. The molecule has 0 spiro atoms. The average molecular weight is 256 g/mol. The van der Waals surface area contributed by atoms with E-state index in [1.807, 2.05) is 0 Å². The molecule has 0 aliphatic heterocycles. The molecule has 0 N–H and O–H groups in total. The Labute approximate surface area is 92.4 Å². The SMILES string of the molecule is CC(C)(C)S(=O)(=O)[N]S(=O)(=O)C(C)(C)C. The summed E-state index contributed by atoms with van der Waals surface area (Å²) in [5, 5.41) is 0. The number of nitrogens with zero attached hydrogens (tertiary/aromatic N) is 1. The van der Waals surface area contributed by atoms with E-state index < -0.39 is 29.5 Å². The molecule has 0 amide bonds. The Bertz CT molecular complexity index is 378. The third-order valence-corrected chi connectivity index (χ3v) is 6.41. The van der Waals surface area contributed by atoms with E-state index in [1.54, 1.807) is 0 Å². The van der Waals surface area contributed by atoms with E-state index in [0.717, 1.165) is 0 Å². The quantitative estimate of drug-likeness (QED) is 0.733. The van der Waals surface area contributed by atoms with E-state index in [1.165, 1.54) is 41.5 Å². The van der Waals surface area contributed by atoms with Gasteiger partial charge in [-0.1, -0.05) is 0 Å². The molecular formula is C8H18NO4S2. The Morgan fingerprint density at radius 1 is 0.667 bits per heavy atom. The van der Waals surface area contributed by atoms with Gasteiger partial charge in [-0.05, 0) is 41.5 Å². The molecule has 0 fully saturated rings. The zero-order valence-corrected chi connectivity index (χ0v) is 11.5. The summed E-state index contributed by atoms with van der Waals surface area (Å²) in [5.41, 5.74) is 0. The molecule has 0 saturated carbocycles. The fourth-order valence-corrected chi connectivity index (χ4v) is 3.18. The minimum Gasteiger partial charge on any atom is -0.209 e. The van der Waals surface area contributed by atoms with Crippen LogP contribution in [-0.4, -0.2) is 26.3 Å². The topological polar surface area (TPSA) is 82.4 Å². The third-order valence-electron chi connectivity index (χ3n) is 1.74. The Morgan fingerprint density at radius 3 is 1.00 bits per heavy atom. The van der Waals surface area contributed by atoms with Gasteiger partial charge in [0, 0.05) is 4.13 Å². The molecule has 1 radical (unpaired) electrons. The molecule has 0 aliphatic rings. The van der Waals surface area contributed by atoms with Gasteiger partial charge in [0.05, 0.1) is 9.49 Å². The van der Waals surface area contributed by atoms with Crippen molar-refractivity contribution in [1.29, 1.82) is 0 Å². The first-order valence-corrected chi connectivity index (χ1v) is 7.32. The number of hydrogen-bond acceptors (Lipinski definition) is 4. The van der Waals surface area contributed by atoms with Crippen molar-refractivity contribution in [2.24, 2.45) is 0 Å². The number of sulfonamides is 2. The smallest absolute Gasteiger partial charge is 0.209 e. The van der Waals surface area contributed by atoms with Crippen molar-refractivity contribution in [3.05, 3.63) is 0 Å². The molecule has 0 atom stereocenters. The lowest BCUT2D eigenvalue weighted by molar-refractivity contribution is 0.535. The van der Waals surface area contributed by atoms with Crippen molar-refractivity contribution >= 4 is 20.0 Å². The van der Waals surface area contributed by atoms with Crippen LogP contribution in [0.1, 0.15) is 41.5 Å². The van der Waals surface area contributed by atoms with Crippen molar-refractivity contribution in [3.8, 4) is 0 Å². The second-order valence-electron chi connectivity index (χ2n) is 5.25. The van der Waals surface area contributed by atoms with E-state index in [9.17, 15) is 16.8 Å². The van der Waals surface area contributed by atoms with Crippen LogP contribution in [0.15, 0.2) is 0 Å². The summed E-state index contributed by atoms with van der Waals surface area (Å²) in [6.07, 6.45) is 0. The molecule has 0 heterocycles. The van der Waals surface area contributed by atoms with Crippen LogP contribution in [0.5, 0.6) is 0 Å². The molecule has 0 aliphatic carbocycles. The van der Waals surface area contributed by atoms with Crippen molar-refractivity contribution in [2.45, 2.75) is 51.0 Å². The van der Waals surface area contributed by atoms with Crippen LogP contribution >= 0.6 is 0 Å². The maximum atomic E-state index is 11.6. The summed E-state index contributed by atoms with van der Waals surface area (Å²) in [7, 11) is -8.00. The lowest BCUT2D eigenvalue weighted by Gasteiger charge is -2.22. The summed E-state index contributed by atoms with van der Waals surface area (Å²) in [6.45, 7) is 8.44. The highest BCUT2D eigenvalue weighted by Gasteiger charge is 2.40. The van der Waals surface area contributed by atoms with E-state index in [0.29, 0.717) is 0 Å². The van der Waals surface area contributed by atoms with Crippen LogP contribution in [0.3, 0.4) is 0 Å². The van der Waals surface area contributed by atoms with Crippen LogP contribution in [0.25, 0.3) is 0 Å². The van der Waals surface area contributed by atoms with Gasteiger partial charge in [-0.2, -0.15) is 0 Å². The van der Waals surface area contributed by atoms with Crippen LogP contribution in [0.2, 0.25) is 0 Å². The Morgan fingerprint density at radius 2 is 0.867 bits per heavy atom. The lowest BCUT2D eigenvalue weighted by atomic mass is 10.3. The highest BCUT2D eigenvalue weighted by molar-refractivity contribution is 8.05. The lowest BCUT2D eigenvalue weighted by Crippen LogP contribution is -2.43. The van der Waals surface area contributed by atoms with Crippen LogP contribution in [0, 0.1) is 0 Å². The first kappa shape index (κ1) is 14.9. The monoisotopic (exact) mass is 256 g/mol. The minimum absolute atomic E-state index is 1.20. The van der Waals surface area contributed by atoms with E-state index in [2.05, 4.69) is 4.13 Å². The molecule has 0 saturated heterocycles. The van der Waals surface area contributed by atoms with Gasteiger partial charge in [0.1, 0.15) is 0 Å². The second kappa shape index (κ2) is 3.71. The molecule has 91 valence electrons. The first-order valence-electron chi connectivity index (χ1n) is 4.44. The third kappa shape index (κ3) is 3.42. The normalized spacial score (nSPS) is 15.3. The van der Waals surface area contributed by atoms with Crippen molar-refractivity contribution < 1.29 is 16.8 Å². The summed E-state index contributed by atoms with van der Waals surface area (Å²) in [6, 6.07) is 0. The Hall–Kier alpha value is -0.140. The van der Waals surface area contributed by atoms with Gasteiger partial charge in [-0.25, -0.2) is 16.8 Å². The molecule has 0 bridgehead atoms. The molecular weight excluding hydrogens is 238 g/mol. The Kier molecular flexibility index (Phi) is 3.67. The fourth-order valence-electron chi connectivity index (χ4n) is 0.353. The van der Waals surface area contributed by atoms with Gasteiger partial charge in [-0.15, -0.1) is 0 Å². The van der Waals surface area contributed by atoms with Crippen molar-refractivity contribution in [1.82, 2.24) is 4.13 Å². The zero-order valence-electron chi connectivity index (χ0n) is 9.90. The highest BCUT2D eigenvalue weighted by Crippen LogP contribution is 2.21. The standard InChI is InChI=1S/C8H18NO4S2/c1-7(2,3)14(10,11)9-15(12,13)8(4,5)6/h1-6H3. The van der Waals surface area contributed by atoms with Gasteiger partial charge >= 0.3 is 0 Å². The maximum absolute atomic E-state index is 11.6. The molecule has 0 aromatic heterocycles.